The van der Waals surface area contributed by atoms with Crippen LogP contribution >= 0.6 is 0 Å². The first-order chi connectivity index (χ1) is 9.64. The number of rotatable bonds is 2. The first-order valence-corrected chi connectivity index (χ1v) is 6.77. The monoisotopic (exact) mass is 275 g/mol. The molecule has 20 heavy (non-hydrogen) atoms. The summed E-state index contributed by atoms with van der Waals surface area (Å²) in [6.45, 7) is 2.84. The van der Waals surface area contributed by atoms with Gasteiger partial charge in [0.1, 0.15) is 5.54 Å². The highest BCUT2D eigenvalue weighted by Crippen LogP contribution is 2.33. The first kappa shape index (κ1) is 13.1. The molecule has 2 saturated heterocycles. The fraction of sp³-hybridized carbons (Fsp3) is 0.500. The Kier molecular flexibility index (Phi) is 3.17. The van der Waals surface area contributed by atoms with E-state index in [1.807, 2.05) is 13.0 Å². The minimum absolute atomic E-state index is 0.151. The molecule has 2 aliphatic rings. The van der Waals surface area contributed by atoms with Gasteiger partial charge in [0.25, 0.3) is 5.91 Å². The molecule has 0 aromatic carbocycles. The quantitative estimate of drug-likeness (QED) is 0.824. The van der Waals surface area contributed by atoms with Gasteiger partial charge in [-0.3, -0.25) is 14.7 Å². The highest BCUT2D eigenvalue weighted by atomic mass is 16.5. The van der Waals surface area contributed by atoms with Crippen LogP contribution in [-0.2, 0) is 9.53 Å². The maximum atomic E-state index is 12.7. The highest BCUT2D eigenvalue weighted by molar-refractivity contribution is 6.07. The van der Waals surface area contributed by atoms with Crippen LogP contribution in [0.25, 0.3) is 0 Å². The normalized spacial score (nSPS) is 22.9. The van der Waals surface area contributed by atoms with Crippen molar-refractivity contribution in [1.29, 1.82) is 0 Å². The predicted molar refractivity (Wildman–Crippen MR) is 70.8 cm³/mol. The van der Waals surface area contributed by atoms with Crippen LogP contribution in [0.2, 0.25) is 0 Å². The Morgan fingerprint density at radius 3 is 2.80 bits per heavy atom. The summed E-state index contributed by atoms with van der Waals surface area (Å²) in [4.78, 5) is 30.2. The Hall–Kier alpha value is -1.95. The highest BCUT2D eigenvalue weighted by Gasteiger charge is 2.53. The van der Waals surface area contributed by atoms with Crippen molar-refractivity contribution in [2.75, 3.05) is 13.2 Å². The molecule has 0 aliphatic carbocycles. The maximum absolute atomic E-state index is 12.7. The number of hydrogen-bond acceptors (Lipinski definition) is 4. The predicted octanol–water partition coefficient (Wildman–Crippen LogP) is 1.24. The number of hydrogen-bond donors (Lipinski definition) is 1. The molecule has 0 unspecified atom stereocenters. The van der Waals surface area contributed by atoms with Gasteiger partial charge in [-0.25, -0.2) is 4.79 Å². The van der Waals surface area contributed by atoms with Gasteiger partial charge in [0.05, 0.1) is 6.04 Å². The number of urea groups is 1. The average molecular weight is 275 g/mol. The summed E-state index contributed by atoms with van der Waals surface area (Å²) in [6.07, 6.45) is 4.42. The minimum atomic E-state index is -0.772. The van der Waals surface area contributed by atoms with Crippen molar-refractivity contribution < 1.29 is 14.3 Å². The minimum Gasteiger partial charge on any atom is -0.381 e. The molecule has 2 fully saturated rings. The van der Waals surface area contributed by atoms with Gasteiger partial charge in [-0.1, -0.05) is 6.07 Å². The molecule has 1 N–H and O–H groups in total. The van der Waals surface area contributed by atoms with Crippen molar-refractivity contribution >= 4 is 11.9 Å². The number of imide groups is 1. The molecule has 0 saturated carbocycles. The topological polar surface area (TPSA) is 71.5 Å². The van der Waals surface area contributed by atoms with Crippen LogP contribution in [0.3, 0.4) is 0 Å². The van der Waals surface area contributed by atoms with Crippen LogP contribution in [0.1, 0.15) is 31.4 Å². The van der Waals surface area contributed by atoms with Gasteiger partial charge < -0.3 is 10.1 Å². The molecule has 3 heterocycles. The third kappa shape index (κ3) is 1.96. The smallest absolute Gasteiger partial charge is 0.325 e. The second-order valence-corrected chi connectivity index (χ2v) is 5.26. The lowest BCUT2D eigenvalue weighted by molar-refractivity contribution is -0.136. The average Bonchev–Trinajstić information content (AvgIpc) is 2.71. The lowest BCUT2D eigenvalue weighted by atomic mass is 9.90. The van der Waals surface area contributed by atoms with Crippen LogP contribution in [-0.4, -0.2) is 40.6 Å². The standard InChI is InChI=1S/C14H17N3O3/c1-10(11-3-2-6-15-9-11)17-12(18)14(16-13(17)19)4-7-20-8-5-14/h2-3,6,9-10H,4-5,7-8H2,1H3,(H,16,19)/t10-/m0/s1. The van der Waals surface area contributed by atoms with E-state index in [1.54, 1.807) is 18.5 Å². The SMILES string of the molecule is C[C@@H](c1cccnc1)N1C(=O)NC2(CCOCC2)C1=O. The maximum Gasteiger partial charge on any atom is 0.325 e. The summed E-state index contributed by atoms with van der Waals surface area (Å²) < 4.78 is 5.29. The Morgan fingerprint density at radius 2 is 2.15 bits per heavy atom. The summed E-state index contributed by atoms with van der Waals surface area (Å²) in [5.41, 5.74) is 0.0753. The van der Waals surface area contributed by atoms with E-state index in [9.17, 15) is 9.59 Å². The van der Waals surface area contributed by atoms with E-state index in [0.29, 0.717) is 26.1 Å². The number of ether oxygens (including phenoxy) is 1. The third-order valence-corrected chi connectivity index (χ3v) is 4.09. The van der Waals surface area contributed by atoms with Crippen molar-refractivity contribution in [3.05, 3.63) is 30.1 Å². The molecule has 6 heteroatoms. The lowest BCUT2D eigenvalue weighted by Gasteiger charge is -2.31. The zero-order valence-corrected chi connectivity index (χ0v) is 11.3. The second-order valence-electron chi connectivity index (χ2n) is 5.26. The number of carbonyl (C=O) groups excluding carboxylic acids is 2. The fourth-order valence-corrected chi connectivity index (χ4v) is 2.82. The van der Waals surface area contributed by atoms with Crippen molar-refractivity contribution in [3.8, 4) is 0 Å². The van der Waals surface area contributed by atoms with Gasteiger partial charge in [-0.05, 0) is 18.6 Å². The molecule has 6 nitrogen and oxygen atoms in total. The van der Waals surface area contributed by atoms with Crippen LogP contribution in [0.15, 0.2) is 24.5 Å². The molecule has 1 atom stereocenters. The zero-order chi connectivity index (χ0) is 14.2. The molecule has 2 aliphatic heterocycles. The van der Waals surface area contributed by atoms with E-state index in [2.05, 4.69) is 10.3 Å². The van der Waals surface area contributed by atoms with Crippen molar-refractivity contribution in [1.82, 2.24) is 15.2 Å². The van der Waals surface area contributed by atoms with Crippen LogP contribution in [0, 0.1) is 0 Å². The molecule has 1 spiro atoms. The summed E-state index contributed by atoms with van der Waals surface area (Å²) in [7, 11) is 0. The summed E-state index contributed by atoms with van der Waals surface area (Å²) >= 11 is 0. The molecule has 3 amide bonds. The Labute approximate surface area is 117 Å². The van der Waals surface area contributed by atoms with Gasteiger partial charge in [0, 0.05) is 38.4 Å². The van der Waals surface area contributed by atoms with Crippen molar-refractivity contribution in [3.63, 3.8) is 0 Å². The number of nitrogens with zero attached hydrogens (tertiary/aromatic N) is 2. The van der Waals surface area contributed by atoms with Gasteiger partial charge in [-0.2, -0.15) is 0 Å². The van der Waals surface area contributed by atoms with Crippen molar-refractivity contribution in [2.24, 2.45) is 0 Å². The van der Waals surface area contributed by atoms with E-state index >= 15 is 0 Å². The summed E-state index contributed by atoms with van der Waals surface area (Å²) in [6, 6.07) is 3.02. The first-order valence-electron chi connectivity index (χ1n) is 6.77. The Morgan fingerprint density at radius 1 is 1.40 bits per heavy atom. The lowest BCUT2D eigenvalue weighted by Crippen LogP contribution is -2.51. The second kappa shape index (κ2) is 4.86. The molecular weight excluding hydrogens is 258 g/mol. The fourth-order valence-electron chi connectivity index (χ4n) is 2.82. The molecule has 1 aromatic heterocycles. The number of nitrogens with one attached hydrogen (secondary N) is 1. The van der Waals surface area contributed by atoms with E-state index in [0.717, 1.165) is 5.56 Å². The Balaban J connectivity index is 1.87. The molecule has 0 bridgehead atoms. The number of amides is 3. The van der Waals surface area contributed by atoms with Gasteiger partial charge >= 0.3 is 6.03 Å². The third-order valence-electron chi connectivity index (χ3n) is 4.09. The van der Waals surface area contributed by atoms with Crippen molar-refractivity contribution in [2.45, 2.75) is 31.3 Å². The molecular formula is C14H17N3O3. The van der Waals surface area contributed by atoms with E-state index in [1.165, 1.54) is 4.90 Å². The number of pyridine rings is 1. The van der Waals surface area contributed by atoms with Gasteiger partial charge in [0.15, 0.2) is 0 Å². The Bertz CT molecular complexity index is 526. The summed E-state index contributed by atoms with van der Waals surface area (Å²) in [5, 5.41) is 2.86. The molecule has 106 valence electrons. The number of carbonyl (C=O) groups is 2. The van der Waals surface area contributed by atoms with E-state index in [4.69, 9.17) is 4.74 Å². The summed E-state index contributed by atoms with van der Waals surface area (Å²) in [5.74, 6) is -0.151. The molecule has 0 radical (unpaired) electrons. The van der Waals surface area contributed by atoms with Gasteiger partial charge in [0.2, 0.25) is 0 Å². The van der Waals surface area contributed by atoms with Gasteiger partial charge in [-0.15, -0.1) is 0 Å². The van der Waals surface area contributed by atoms with Crippen LogP contribution in [0.5, 0.6) is 0 Å². The molecule has 1 aromatic rings. The zero-order valence-electron chi connectivity index (χ0n) is 11.3. The van der Waals surface area contributed by atoms with Crippen LogP contribution in [0.4, 0.5) is 4.79 Å². The molecule has 3 rings (SSSR count). The number of aromatic nitrogens is 1. The van der Waals surface area contributed by atoms with E-state index < -0.39 is 5.54 Å². The van der Waals surface area contributed by atoms with Crippen LogP contribution < -0.4 is 5.32 Å². The largest absolute Gasteiger partial charge is 0.381 e. The van der Waals surface area contributed by atoms with E-state index in [-0.39, 0.29) is 18.0 Å².